The van der Waals surface area contributed by atoms with Crippen LogP contribution in [0.2, 0.25) is 0 Å². The lowest BCUT2D eigenvalue weighted by Gasteiger charge is -2.28. The van der Waals surface area contributed by atoms with Crippen LogP contribution in [0.4, 0.5) is 0 Å². The second kappa shape index (κ2) is 7.92. The van der Waals surface area contributed by atoms with Gasteiger partial charge in [0, 0.05) is 38.3 Å². The molecule has 1 N–H and O–H groups in total. The summed E-state index contributed by atoms with van der Waals surface area (Å²) in [6, 6.07) is 10.0. The molecule has 0 aromatic heterocycles. The van der Waals surface area contributed by atoms with Crippen molar-refractivity contribution in [3.63, 3.8) is 0 Å². The Balaban J connectivity index is 2.04. The molecule has 1 aromatic rings. The van der Waals surface area contributed by atoms with Crippen molar-refractivity contribution in [3.05, 3.63) is 35.4 Å². The zero-order valence-electron chi connectivity index (χ0n) is 14.1. The van der Waals surface area contributed by atoms with Gasteiger partial charge in [-0.25, -0.2) is 0 Å². The van der Waals surface area contributed by atoms with Crippen molar-refractivity contribution < 1.29 is 0 Å². The summed E-state index contributed by atoms with van der Waals surface area (Å²) in [5.74, 6) is 0. The Morgan fingerprint density at radius 2 is 1.90 bits per heavy atom. The van der Waals surface area contributed by atoms with Crippen LogP contribution in [0.3, 0.4) is 0 Å². The van der Waals surface area contributed by atoms with Gasteiger partial charge in [0.2, 0.25) is 0 Å². The number of hydrogen-bond donors (Lipinski definition) is 1. The molecule has 1 heterocycles. The minimum Gasteiger partial charge on any atom is -0.310 e. The van der Waals surface area contributed by atoms with E-state index in [9.17, 15) is 0 Å². The smallest absolute Gasteiger partial charge is 0.0240 e. The quantitative estimate of drug-likeness (QED) is 0.899. The Morgan fingerprint density at radius 3 is 2.62 bits per heavy atom. The van der Waals surface area contributed by atoms with Crippen LogP contribution in [0.25, 0.3) is 0 Å². The molecule has 1 aromatic carbocycles. The Labute approximate surface area is 130 Å². The Kier molecular flexibility index (Phi) is 6.22. The summed E-state index contributed by atoms with van der Waals surface area (Å²) in [6.07, 6.45) is 1.27. The maximum Gasteiger partial charge on any atom is 0.0240 e. The molecule has 21 heavy (non-hydrogen) atoms. The number of likely N-dealkylation sites (N-methyl/N-ethyl adjacent to an activating group) is 1. The molecule has 1 atom stereocenters. The molecule has 0 radical (unpaired) electrons. The molecule has 2 rings (SSSR count). The van der Waals surface area contributed by atoms with Crippen molar-refractivity contribution >= 4 is 0 Å². The summed E-state index contributed by atoms with van der Waals surface area (Å²) in [7, 11) is 2.24. The number of nitrogens with zero attached hydrogens (tertiary/aromatic N) is 2. The number of hydrogen-bond acceptors (Lipinski definition) is 3. The van der Waals surface area contributed by atoms with Crippen LogP contribution < -0.4 is 5.32 Å². The molecule has 1 aliphatic heterocycles. The molecule has 1 unspecified atom stereocenters. The van der Waals surface area contributed by atoms with E-state index in [1.165, 1.54) is 37.2 Å². The van der Waals surface area contributed by atoms with Gasteiger partial charge in [0.1, 0.15) is 0 Å². The van der Waals surface area contributed by atoms with Gasteiger partial charge in [0.05, 0.1) is 0 Å². The maximum absolute atomic E-state index is 3.54. The van der Waals surface area contributed by atoms with Gasteiger partial charge in [0.15, 0.2) is 0 Å². The Morgan fingerprint density at radius 1 is 1.19 bits per heavy atom. The van der Waals surface area contributed by atoms with E-state index in [1.54, 1.807) is 0 Å². The second-order valence-corrected chi connectivity index (χ2v) is 6.74. The first-order chi connectivity index (χ1) is 10.1. The summed E-state index contributed by atoms with van der Waals surface area (Å²) in [4.78, 5) is 5.09. The molecule has 118 valence electrons. The number of rotatable bonds is 5. The fourth-order valence-electron chi connectivity index (χ4n) is 3.07. The lowest BCUT2D eigenvalue weighted by atomic mass is 10.1. The van der Waals surface area contributed by atoms with Gasteiger partial charge in [-0.15, -0.1) is 0 Å². The Bertz CT molecular complexity index is 430. The van der Waals surface area contributed by atoms with Crippen LogP contribution in [0.1, 0.15) is 38.3 Å². The highest BCUT2D eigenvalue weighted by atomic mass is 15.2. The zero-order chi connectivity index (χ0) is 15.2. The first kappa shape index (κ1) is 16.5. The van der Waals surface area contributed by atoms with Crippen molar-refractivity contribution in [2.45, 2.75) is 52.4 Å². The molecule has 1 aliphatic rings. The van der Waals surface area contributed by atoms with Gasteiger partial charge in [-0.2, -0.15) is 0 Å². The highest BCUT2D eigenvalue weighted by Crippen LogP contribution is 2.16. The van der Waals surface area contributed by atoms with Crippen LogP contribution in [0.5, 0.6) is 0 Å². The van der Waals surface area contributed by atoms with Gasteiger partial charge in [-0.3, -0.25) is 4.90 Å². The van der Waals surface area contributed by atoms with Gasteiger partial charge < -0.3 is 10.2 Å². The molecular weight excluding hydrogens is 258 g/mol. The van der Waals surface area contributed by atoms with Crippen molar-refractivity contribution in [1.29, 1.82) is 0 Å². The standard InChI is InChI=1S/C18H31N3/c1-15(2)19-12-17-8-5-6-9-18(17)14-21-11-7-10-20(4)13-16(21)3/h5-6,8-9,15-16,19H,7,10-14H2,1-4H3. The van der Waals surface area contributed by atoms with Gasteiger partial charge in [0.25, 0.3) is 0 Å². The average Bonchev–Trinajstić information content (AvgIpc) is 2.59. The predicted molar refractivity (Wildman–Crippen MR) is 90.4 cm³/mol. The van der Waals surface area contributed by atoms with E-state index >= 15 is 0 Å². The molecule has 0 aliphatic carbocycles. The third kappa shape index (κ3) is 5.10. The zero-order valence-corrected chi connectivity index (χ0v) is 14.1. The lowest BCUT2D eigenvalue weighted by Crippen LogP contribution is -2.37. The highest BCUT2D eigenvalue weighted by molar-refractivity contribution is 5.27. The minimum absolute atomic E-state index is 0.531. The summed E-state index contributed by atoms with van der Waals surface area (Å²) in [5, 5.41) is 3.54. The molecule has 0 amide bonds. The predicted octanol–water partition coefficient (Wildman–Crippen LogP) is 2.71. The van der Waals surface area contributed by atoms with Crippen LogP contribution in [0, 0.1) is 0 Å². The average molecular weight is 289 g/mol. The summed E-state index contributed by atoms with van der Waals surface area (Å²) in [5.41, 5.74) is 2.91. The van der Waals surface area contributed by atoms with E-state index in [1.807, 2.05) is 0 Å². The second-order valence-electron chi connectivity index (χ2n) is 6.74. The van der Waals surface area contributed by atoms with Crippen LogP contribution >= 0.6 is 0 Å². The molecule has 0 spiro atoms. The van der Waals surface area contributed by atoms with Crippen LogP contribution in [-0.4, -0.2) is 48.6 Å². The normalized spacial score (nSPS) is 21.7. The summed E-state index contributed by atoms with van der Waals surface area (Å²) >= 11 is 0. The third-order valence-corrected chi connectivity index (χ3v) is 4.38. The van der Waals surface area contributed by atoms with Crippen LogP contribution in [0.15, 0.2) is 24.3 Å². The van der Waals surface area contributed by atoms with Crippen molar-refractivity contribution in [1.82, 2.24) is 15.1 Å². The number of benzene rings is 1. The molecular formula is C18H31N3. The summed E-state index contributed by atoms with van der Waals surface area (Å²) in [6.45, 7) is 12.4. The fraction of sp³-hybridized carbons (Fsp3) is 0.667. The molecule has 1 fully saturated rings. The number of nitrogens with one attached hydrogen (secondary N) is 1. The molecule has 3 nitrogen and oxygen atoms in total. The van der Waals surface area contributed by atoms with Crippen molar-refractivity contribution in [3.8, 4) is 0 Å². The van der Waals surface area contributed by atoms with Crippen molar-refractivity contribution in [2.24, 2.45) is 0 Å². The fourth-order valence-corrected chi connectivity index (χ4v) is 3.07. The topological polar surface area (TPSA) is 18.5 Å². The first-order valence-electron chi connectivity index (χ1n) is 8.29. The summed E-state index contributed by atoms with van der Waals surface area (Å²) < 4.78 is 0. The van der Waals surface area contributed by atoms with E-state index in [-0.39, 0.29) is 0 Å². The van der Waals surface area contributed by atoms with E-state index in [2.05, 4.69) is 67.2 Å². The minimum atomic E-state index is 0.531. The van der Waals surface area contributed by atoms with Gasteiger partial charge >= 0.3 is 0 Å². The third-order valence-electron chi connectivity index (χ3n) is 4.38. The monoisotopic (exact) mass is 289 g/mol. The van der Waals surface area contributed by atoms with E-state index < -0.39 is 0 Å². The Hall–Kier alpha value is -0.900. The van der Waals surface area contributed by atoms with Crippen molar-refractivity contribution in [2.75, 3.05) is 26.7 Å². The first-order valence-corrected chi connectivity index (χ1v) is 8.29. The molecule has 3 heteroatoms. The van der Waals surface area contributed by atoms with Gasteiger partial charge in [-0.05, 0) is 38.1 Å². The largest absolute Gasteiger partial charge is 0.310 e. The van der Waals surface area contributed by atoms with E-state index in [0.717, 1.165) is 13.1 Å². The SMILES string of the molecule is CC(C)NCc1ccccc1CN1CCCN(C)CC1C. The molecule has 0 bridgehead atoms. The molecule has 1 saturated heterocycles. The maximum atomic E-state index is 3.54. The molecule has 0 saturated carbocycles. The van der Waals surface area contributed by atoms with Crippen LogP contribution in [-0.2, 0) is 13.1 Å². The highest BCUT2D eigenvalue weighted by Gasteiger charge is 2.20. The van der Waals surface area contributed by atoms with E-state index in [0.29, 0.717) is 12.1 Å². The van der Waals surface area contributed by atoms with E-state index in [4.69, 9.17) is 0 Å². The van der Waals surface area contributed by atoms with Gasteiger partial charge in [-0.1, -0.05) is 38.1 Å². The lowest BCUT2D eigenvalue weighted by molar-refractivity contribution is 0.194.